The molecule has 1 amide bonds. The number of ether oxygens (including phenoxy) is 1. The van der Waals surface area contributed by atoms with Crippen molar-refractivity contribution >= 4 is 29.1 Å². The number of carbonyl (C=O) groups excluding carboxylic acids is 2. The number of aromatic nitrogens is 1. The average molecular weight is 375 g/mol. The number of benzene rings is 2. The van der Waals surface area contributed by atoms with E-state index in [1.54, 1.807) is 30.3 Å². The van der Waals surface area contributed by atoms with Crippen LogP contribution in [0.15, 0.2) is 60.8 Å². The molecule has 2 aromatic carbocycles. The Kier molecular flexibility index (Phi) is 5.69. The zero-order valence-corrected chi connectivity index (χ0v) is 15.9. The zero-order chi connectivity index (χ0) is 20.1. The third kappa shape index (κ3) is 4.54. The zero-order valence-electron chi connectivity index (χ0n) is 15.9. The van der Waals surface area contributed by atoms with Crippen molar-refractivity contribution in [1.82, 2.24) is 4.98 Å². The molecule has 0 atom stereocenters. The SMILES string of the molecule is COC(=O)c1cccc(Nc2ccc(C(=O)Nc3ccc(C)c(C)c3)cn2)c1. The van der Waals surface area contributed by atoms with Gasteiger partial charge in [0.05, 0.1) is 18.2 Å². The van der Waals surface area contributed by atoms with Crippen LogP contribution in [0.3, 0.4) is 0 Å². The summed E-state index contributed by atoms with van der Waals surface area (Å²) in [4.78, 5) is 28.3. The minimum Gasteiger partial charge on any atom is -0.465 e. The van der Waals surface area contributed by atoms with Gasteiger partial charge in [-0.2, -0.15) is 0 Å². The standard InChI is InChI=1S/C22H21N3O3/c1-14-7-9-19(11-15(14)2)25-21(26)17-8-10-20(23-13-17)24-18-6-4-5-16(12-18)22(27)28-3/h4-13H,1-3H3,(H,23,24)(H,25,26). The molecule has 0 aliphatic carbocycles. The van der Waals surface area contributed by atoms with Crippen molar-refractivity contribution in [1.29, 1.82) is 0 Å². The molecule has 6 nitrogen and oxygen atoms in total. The highest BCUT2D eigenvalue weighted by Gasteiger charge is 2.09. The van der Waals surface area contributed by atoms with Crippen molar-refractivity contribution < 1.29 is 14.3 Å². The summed E-state index contributed by atoms with van der Waals surface area (Å²) in [5.41, 5.74) is 4.62. The van der Waals surface area contributed by atoms with Crippen LogP contribution < -0.4 is 10.6 Å². The fourth-order valence-corrected chi connectivity index (χ4v) is 2.61. The first-order valence-corrected chi connectivity index (χ1v) is 8.76. The van der Waals surface area contributed by atoms with Crippen LogP contribution in [0.5, 0.6) is 0 Å². The van der Waals surface area contributed by atoms with E-state index in [4.69, 9.17) is 4.74 Å². The normalized spacial score (nSPS) is 10.2. The molecule has 28 heavy (non-hydrogen) atoms. The number of hydrogen-bond acceptors (Lipinski definition) is 5. The fourth-order valence-electron chi connectivity index (χ4n) is 2.61. The Hall–Kier alpha value is -3.67. The summed E-state index contributed by atoms with van der Waals surface area (Å²) < 4.78 is 4.72. The number of nitrogens with zero attached hydrogens (tertiary/aromatic N) is 1. The van der Waals surface area contributed by atoms with E-state index in [1.165, 1.54) is 18.9 Å². The second-order valence-electron chi connectivity index (χ2n) is 6.38. The molecular formula is C22H21N3O3. The lowest BCUT2D eigenvalue weighted by Gasteiger charge is -2.09. The van der Waals surface area contributed by atoms with Crippen LogP contribution in [0, 0.1) is 13.8 Å². The molecule has 0 saturated heterocycles. The first kappa shape index (κ1) is 19.1. The third-order valence-corrected chi connectivity index (χ3v) is 4.35. The Bertz CT molecular complexity index is 1010. The quantitative estimate of drug-likeness (QED) is 0.643. The van der Waals surface area contributed by atoms with Gasteiger partial charge >= 0.3 is 5.97 Å². The number of methoxy groups -OCH3 is 1. The highest BCUT2D eigenvalue weighted by atomic mass is 16.5. The van der Waals surface area contributed by atoms with Crippen molar-refractivity contribution in [3.8, 4) is 0 Å². The number of anilines is 3. The van der Waals surface area contributed by atoms with E-state index in [2.05, 4.69) is 15.6 Å². The lowest BCUT2D eigenvalue weighted by Crippen LogP contribution is -2.12. The van der Waals surface area contributed by atoms with Gasteiger partial charge in [0, 0.05) is 17.6 Å². The summed E-state index contributed by atoms with van der Waals surface area (Å²) in [5.74, 6) is -0.0743. The molecule has 0 spiro atoms. The van der Waals surface area contributed by atoms with Crippen LogP contribution in [-0.4, -0.2) is 24.0 Å². The van der Waals surface area contributed by atoms with E-state index >= 15 is 0 Å². The van der Waals surface area contributed by atoms with Gasteiger partial charge in [-0.05, 0) is 67.4 Å². The van der Waals surface area contributed by atoms with Gasteiger partial charge in [-0.25, -0.2) is 9.78 Å². The van der Waals surface area contributed by atoms with E-state index in [9.17, 15) is 9.59 Å². The van der Waals surface area contributed by atoms with Crippen molar-refractivity contribution in [3.05, 3.63) is 83.0 Å². The van der Waals surface area contributed by atoms with Crippen LogP contribution in [0.2, 0.25) is 0 Å². The van der Waals surface area contributed by atoms with Crippen LogP contribution in [0.25, 0.3) is 0 Å². The second-order valence-corrected chi connectivity index (χ2v) is 6.38. The molecule has 0 unspecified atom stereocenters. The number of rotatable bonds is 5. The number of esters is 1. The summed E-state index contributed by atoms with van der Waals surface area (Å²) >= 11 is 0. The summed E-state index contributed by atoms with van der Waals surface area (Å²) in [5, 5.41) is 5.97. The fraction of sp³-hybridized carbons (Fsp3) is 0.136. The summed E-state index contributed by atoms with van der Waals surface area (Å²) in [6.45, 7) is 4.03. The first-order chi connectivity index (χ1) is 13.5. The summed E-state index contributed by atoms with van der Waals surface area (Å²) in [6, 6.07) is 16.1. The van der Waals surface area contributed by atoms with E-state index in [0.29, 0.717) is 22.6 Å². The number of amides is 1. The molecule has 3 rings (SSSR count). The monoisotopic (exact) mass is 375 g/mol. The molecule has 1 heterocycles. The highest BCUT2D eigenvalue weighted by Crippen LogP contribution is 2.18. The van der Waals surface area contributed by atoms with Crippen molar-refractivity contribution in [2.45, 2.75) is 13.8 Å². The Morgan fingerprint density at radius 3 is 2.39 bits per heavy atom. The van der Waals surface area contributed by atoms with E-state index < -0.39 is 5.97 Å². The lowest BCUT2D eigenvalue weighted by atomic mass is 10.1. The highest BCUT2D eigenvalue weighted by molar-refractivity contribution is 6.04. The Morgan fingerprint density at radius 1 is 0.893 bits per heavy atom. The summed E-state index contributed by atoms with van der Waals surface area (Å²) in [7, 11) is 1.34. The topological polar surface area (TPSA) is 80.3 Å². The number of aryl methyl sites for hydroxylation is 2. The van der Waals surface area contributed by atoms with Crippen LogP contribution in [0.1, 0.15) is 31.8 Å². The van der Waals surface area contributed by atoms with Crippen molar-refractivity contribution in [2.24, 2.45) is 0 Å². The maximum atomic E-state index is 12.4. The molecule has 3 aromatic rings. The van der Waals surface area contributed by atoms with Gasteiger partial charge in [0.2, 0.25) is 0 Å². The molecule has 0 fully saturated rings. The maximum Gasteiger partial charge on any atom is 0.337 e. The molecule has 142 valence electrons. The molecule has 0 bridgehead atoms. The van der Waals surface area contributed by atoms with Gasteiger partial charge in [-0.3, -0.25) is 4.79 Å². The molecule has 1 aromatic heterocycles. The second kappa shape index (κ2) is 8.35. The molecule has 0 radical (unpaired) electrons. The molecule has 2 N–H and O–H groups in total. The van der Waals surface area contributed by atoms with Crippen LogP contribution in [0.4, 0.5) is 17.2 Å². The minimum absolute atomic E-state index is 0.227. The Labute approximate surface area is 163 Å². The van der Waals surface area contributed by atoms with Gasteiger partial charge in [0.1, 0.15) is 5.82 Å². The minimum atomic E-state index is -0.407. The molecule has 0 aliphatic rings. The average Bonchev–Trinajstić information content (AvgIpc) is 2.71. The predicted molar refractivity (Wildman–Crippen MR) is 109 cm³/mol. The van der Waals surface area contributed by atoms with Crippen LogP contribution in [-0.2, 0) is 4.74 Å². The number of carbonyl (C=O) groups is 2. The van der Waals surface area contributed by atoms with E-state index in [0.717, 1.165) is 11.3 Å². The van der Waals surface area contributed by atoms with Gasteiger partial charge in [0.15, 0.2) is 0 Å². The van der Waals surface area contributed by atoms with Gasteiger partial charge in [-0.15, -0.1) is 0 Å². The number of pyridine rings is 1. The van der Waals surface area contributed by atoms with Gasteiger partial charge in [0.25, 0.3) is 5.91 Å². The van der Waals surface area contributed by atoms with Crippen molar-refractivity contribution in [3.63, 3.8) is 0 Å². The third-order valence-electron chi connectivity index (χ3n) is 4.35. The molecular weight excluding hydrogens is 354 g/mol. The van der Waals surface area contributed by atoms with Crippen molar-refractivity contribution in [2.75, 3.05) is 17.7 Å². The molecule has 0 saturated carbocycles. The van der Waals surface area contributed by atoms with E-state index in [1.807, 2.05) is 38.1 Å². The van der Waals surface area contributed by atoms with E-state index in [-0.39, 0.29) is 5.91 Å². The largest absolute Gasteiger partial charge is 0.465 e. The maximum absolute atomic E-state index is 12.4. The number of nitrogens with one attached hydrogen (secondary N) is 2. The molecule has 0 aliphatic heterocycles. The van der Waals surface area contributed by atoms with Gasteiger partial charge in [-0.1, -0.05) is 12.1 Å². The van der Waals surface area contributed by atoms with Gasteiger partial charge < -0.3 is 15.4 Å². The lowest BCUT2D eigenvalue weighted by molar-refractivity contribution is 0.0600. The Morgan fingerprint density at radius 2 is 1.71 bits per heavy atom. The Balaban J connectivity index is 1.68. The number of hydrogen-bond donors (Lipinski definition) is 2. The first-order valence-electron chi connectivity index (χ1n) is 8.76. The molecule has 6 heteroatoms. The van der Waals surface area contributed by atoms with Crippen LogP contribution >= 0.6 is 0 Å². The predicted octanol–water partition coefficient (Wildman–Crippen LogP) is 4.48. The summed E-state index contributed by atoms with van der Waals surface area (Å²) in [6.07, 6.45) is 1.50. The smallest absolute Gasteiger partial charge is 0.337 e.